The van der Waals surface area contributed by atoms with Crippen LogP contribution < -0.4 is 10.1 Å². The van der Waals surface area contributed by atoms with Gasteiger partial charge in [0.05, 0.1) is 11.6 Å². The van der Waals surface area contributed by atoms with Crippen LogP contribution in [0, 0.1) is 0 Å². The summed E-state index contributed by atoms with van der Waals surface area (Å²) in [7, 11) is 2.11. The Balaban J connectivity index is 1.62. The van der Waals surface area contributed by atoms with Gasteiger partial charge in [-0.25, -0.2) is 0 Å². The lowest BCUT2D eigenvalue weighted by molar-refractivity contribution is -0.122. The van der Waals surface area contributed by atoms with Gasteiger partial charge in [0.1, 0.15) is 5.75 Å². The lowest BCUT2D eigenvalue weighted by Gasteiger charge is -2.29. The van der Waals surface area contributed by atoms with Gasteiger partial charge < -0.3 is 15.0 Å². The summed E-state index contributed by atoms with van der Waals surface area (Å²) in [5.74, 6) is 0.696. The standard InChI is InChI=1S/C16H22Cl2N2O2/c1-20-8-6-13(7-9-20)19-16(21)3-2-10-22-15-5-4-12(17)11-14(15)18/h4-5,11,13H,2-3,6-10H2,1H3,(H,19,21). The van der Waals surface area contributed by atoms with Gasteiger partial charge in [0.25, 0.3) is 0 Å². The molecule has 0 unspecified atom stereocenters. The topological polar surface area (TPSA) is 41.6 Å². The summed E-state index contributed by atoms with van der Waals surface area (Å²) in [5, 5.41) is 4.16. The second kappa shape index (κ2) is 8.61. The van der Waals surface area contributed by atoms with Crippen molar-refractivity contribution < 1.29 is 9.53 Å². The Morgan fingerprint density at radius 3 is 2.77 bits per heavy atom. The SMILES string of the molecule is CN1CCC(NC(=O)CCCOc2ccc(Cl)cc2Cl)CC1. The van der Waals surface area contributed by atoms with Gasteiger partial charge in [-0.15, -0.1) is 0 Å². The van der Waals surface area contributed by atoms with Crippen molar-refractivity contribution in [3.63, 3.8) is 0 Å². The number of hydrogen-bond acceptors (Lipinski definition) is 3. The number of halogens is 2. The number of rotatable bonds is 6. The third kappa shape index (κ3) is 5.67. The Bertz CT molecular complexity index is 503. The molecule has 0 bridgehead atoms. The van der Waals surface area contributed by atoms with Crippen molar-refractivity contribution in [2.24, 2.45) is 0 Å². The van der Waals surface area contributed by atoms with Crippen molar-refractivity contribution in [2.75, 3.05) is 26.7 Å². The highest BCUT2D eigenvalue weighted by Crippen LogP contribution is 2.27. The monoisotopic (exact) mass is 344 g/mol. The molecule has 0 aromatic heterocycles. The highest BCUT2D eigenvalue weighted by atomic mass is 35.5. The molecule has 122 valence electrons. The fourth-order valence-corrected chi connectivity index (χ4v) is 2.92. The van der Waals surface area contributed by atoms with E-state index in [9.17, 15) is 4.79 Å². The largest absolute Gasteiger partial charge is 0.492 e. The van der Waals surface area contributed by atoms with Crippen LogP contribution in [0.25, 0.3) is 0 Å². The van der Waals surface area contributed by atoms with E-state index in [0.717, 1.165) is 25.9 Å². The van der Waals surface area contributed by atoms with E-state index in [4.69, 9.17) is 27.9 Å². The van der Waals surface area contributed by atoms with Crippen LogP contribution in [0.1, 0.15) is 25.7 Å². The van der Waals surface area contributed by atoms with Crippen molar-refractivity contribution >= 4 is 29.1 Å². The van der Waals surface area contributed by atoms with Crippen LogP contribution in [0.4, 0.5) is 0 Å². The number of benzene rings is 1. The van der Waals surface area contributed by atoms with Gasteiger partial charge in [-0.1, -0.05) is 23.2 Å². The average molecular weight is 345 g/mol. The van der Waals surface area contributed by atoms with E-state index in [1.165, 1.54) is 0 Å². The highest BCUT2D eigenvalue weighted by Gasteiger charge is 2.18. The Labute approximate surface area is 141 Å². The van der Waals surface area contributed by atoms with Crippen LogP contribution in [0.5, 0.6) is 5.75 Å². The normalized spacial score (nSPS) is 16.5. The molecule has 1 aromatic rings. The maximum Gasteiger partial charge on any atom is 0.220 e. The first-order chi connectivity index (χ1) is 10.5. The number of carbonyl (C=O) groups is 1. The van der Waals surface area contributed by atoms with Crippen LogP contribution in [0.15, 0.2) is 18.2 Å². The van der Waals surface area contributed by atoms with E-state index in [1.54, 1.807) is 18.2 Å². The summed E-state index contributed by atoms with van der Waals surface area (Å²) < 4.78 is 5.57. The third-order valence-corrected chi connectivity index (χ3v) is 4.31. The molecule has 0 spiro atoms. The number of ether oxygens (including phenoxy) is 1. The van der Waals surface area contributed by atoms with Crippen LogP contribution in [0.3, 0.4) is 0 Å². The van der Waals surface area contributed by atoms with Crippen LogP contribution >= 0.6 is 23.2 Å². The van der Waals surface area contributed by atoms with E-state index in [1.807, 2.05) is 0 Å². The maximum atomic E-state index is 11.9. The Morgan fingerprint density at radius 2 is 2.09 bits per heavy atom. The zero-order chi connectivity index (χ0) is 15.9. The number of piperidine rings is 1. The molecule has 1 aliphatic heterocycles. The first kappa shape index (κ1) is 17.4. The van der Waals surface area contributed by atoms with Crippen molar-refractivity contribution in [1.82, 2.24) is 10.2 Å². The molecule has 0 radical (unpaired) electrons. The minimum Gasteiger partial charge on any atom is -0.492 e. The van der Waals surface area contributed by atoms with Gasteiger partial charge in [-0.2, -0.15) is 0 Å². The average Bonchev–Trinajstić information content (AvgIpc) is 2.48. The Morgan fingerprint density at radius 1 is 1.36 bits per heavy atom. The lowest BCUT2D eigenvalue weighted by Crippen LogP contribution is -2.43. The van der Waals surface area contributed by atoms with Crippen molar-refractivity contribution in [3.8, 4) is 5.75 Å². The summed E-state index contributed by atoms with van der Waals surface area (Å²) in [6, 6.07) is 5.43. The van der Waals surface area contributed by atoms with Gasteiger partial charge in [0.2, 0.25) is 5.91 Å². The summed E-state index contributed by atoms with van der Waals surface area (Å²) in [6.07, 6.45) is 3.19. The number of carbonyl (C=O) groups excluding carboxylic acids is 1. The predicted molar refractivity (Wildman–Crippen MR) is 89.9 cm³/mol. The molecule has 6 heteroatoms. The number of nitrogens with one attached hydrogen (secondary N) is 1. The fourth-order valence-electron chi connectivity index (χ4n) is 2.46. The summed E-state index contributed by atoms with van der Waals surface area (Å²) in [4.78, 5) is 14.2. The molecule has 4 nitrogen and oxygen atoms in total. The van der Waals surface area contributed by atoms with Crippen molar-refractivity contribution in [2.45, 2.75) is 31.7 Å². The van der Waals surface area contributed by atoms with Crippen molar-refractivity contribution in [1.29, 1.82) is 0 Å². The zero-order valence-electron chi connectivity index (χ0n) is 12.8. The molecule has 0 saturated carbocycles. The first-order valence-electron chi connectivity index (χ1n) is 7.60. The predicted octanol–water partition coefficient (Wildman–Crippen LogP) is 3.36. The van der Waals surface area contributed by atoms with E-state index in [0.29, 0.717) is 41.3 Å². The summed E-state index contributed by atoms with van der Waals surface area (Å²) >= 11 is 11.8. The summed E-state index contributed by atoms with van der Waals surface area (Å²) in [5.41, 5.74) is 0. The van der Waals surface area contributed by atoms with Gasteiger partial charge in [0, 0.05) is 17.5 Å². The molecule has 0 atom stereocenters. The molecule has 1 aliphatic rings. The van der Waals surface area contributed by atoms with Gasteiger partial charge in [-0.05, 0) is 57.6 Å². The van der Waals surface area contributed by atoms with E-state index < -0.39 is 0 Å². The maximum absolute atomic E-state index is 11.9. The molecule has 1 amide bonds. The molecule has 0 aliphatic carbocycles. The van der Waals surface area contributed by atoms with Gasteiger partial charge in [0.15, 0.2) is 0 Å². The van der Waals surface area contributed by atoms with E-state index in [2.05, 4.69) is 17.3 Å². The second-order valence-electron chi connectivity index (χ2n) is 5.67. The quantitative estimate of drug-likeness (QED) is 0.804. The zero-order valence-corrected chi connectivity index (χ0v) is 14.3. The lowest BCUT2D eigenvalue weighted by atomic mass is 10.1. The summed E-state index contributed by atoms with van der Waals surface area (Å²) in [6.45, 7) is 2.55. The van der Waals surface area contributed by atoms with Crippen LogP contribution in [-0.2, 0) is 4.79 Å². The van der Waals surface area contributed by atoms with Crippen LogP contribution in [0.2, 0.25) is 10.0 Å². The van der Waals surface area contributed by atoms with Gasteiger partial charge in [-0.3, -0.25) is 4.79 Å². The molecule has 1 fully saturated rings. The molecule has 2 rings (SSSR count). The molecular weight excluding hydrogens is 323 g/mol. The molecule has 1 heterocycles. The number of hydrogen-bond donors (Lipinski definition) is 1. The Kier molecular flexibility index (Phi) is 6.80. The number of nitrogens with zero attached hydrogens (tertiary/aromatic N) is 1. The van der Waals surface area contributed by atoms with Crippen LogP contribution in [-0.4, -0.2) is 43.6 Å². The molecule has 1 N–H and O–H groups in total. The van der Waals surface area contributed by atoms with E-state index in [-0.39, 0.29) is 5.91 Å². The number of amides is 1. The van der Waals surface area contributed by atoms with Gasteiger partial charge >= 0.3 is 0 Å². The first-order valence-corrected chi connectivity index (χ1v) is 8.36. The third-order valence-electron chi connectivity index (χ3n) is 3.78. The molecule has 22 heavy (non-hydrogen) atoms. The Hall–Kier alpha value is -0.970. The molecule has 1 saturated heterocycles. The smallest absolute Gasteiger partial charge is 0.220 e. The fraction of sp³-hybridized carbons (Fsp3) is 0.562. The second-order valence-corrected chi connectivity index (χ2v) is 6.52. The minimum atomic E-state index is 0.0976. The molecular formula is C16H22Cl2N2O2. The van der Waals surface area contributed by atoms with Crippen molar-refractivity contribution in [3.05, 3.63) is 28.2 Å². The highest BCUT2D eigenvalue weighted by molar-refractivity contribution is 6.35. The minimum absolute atomic E-state index is 0.0976. The number of likely N-dealkylation sites (tertiary alicyclic amines) is 1. The van der Waals surface area contributed by atoms with E-state index >= 15 is 0 Å². The molecule has 1 aromatic carbocycles.